The molecule has 0 fully saturated rings. The molecule has 0 aliphatic heterocycles. The van der Waals surface area contributed by atoms with E-state index in [2.05, 4.69) is 36.5 Å². The lowest BCUT2D eigenvalue weighted by Gasteiger charge is -2.25. The molecule has 1 aromatic carbocycles. The molecule has 1 aromatic rings. The summed E-state index contributed by atoms with van der Waals surface area (Å²) in [7, 11) is 0. The summed E-state index contributed by atoms with van der Waals surface area (Å²) < 4.78 is 0. The Hall–Kier alpha value is -1.31. The van der Waals surface area contributed by atoms with Crippen LogP contribution in [-0.4, -0.2) is 11.4 Å². The first-order chi connectivity index (χ1) is 7.43. The first-order valence-corrected chi connectivity index (χ1v) is 5.79. The van der Waals surface area contributed by atoms with Crippen molar-refractivity contribution in [2.45, 2.75) is 46.1 Å². The molecule has 0 aliphatic carbocycles. The third kappa shape index (κ3) is 4.05. The number of hydrogen-bond acceptors (Lipinski definition) is 1. The van der Waals surface area contributed by atoms with Crippen molar-refractivity contribution in [3.63, 3.8) is 0 Å². The maximum Gasteiger partial charge on any atom is 0.217 e. The first kappa shape index (κ1) is 12.8. The van der Waals surface area contributed by atoms with E-state index in [0.717, 1.165) is 12.8 Å². The van der Waals surface area contributed by atoms with Crippen LogP contribution in [0.3, 0.4) is 0 Å². The van der Waals surface area contributed by atoms with Crippen molar-refractivity contribution >= 4 is 5.91 Å². The van der Waals surface area contributed by atoms with Crippen molar-refractivity contribution in [2.24, 2.45) is 0 Å². The van der Waals surface area contributed by atoms with Crippen molar-refractivity contribution in [1.29, 1.82) is 0 Å². The molecule has 1 N–H and O–H groups in total. The molecule has 2 nitrogen and oxygen atoms in total. The Balaban J connectivity index is 2.68. The molecule has 0 spiro atoms. The van der Waals surface area contributed by atoms with Crippen LogP contribution in [0, 0.1) is 0 Å². The van der Waals surface area contributed by atoms with Crippen molar-refractivity contribution in [3.05, 3.63) is 35.4 Å². The van der Waals surface area contributed by atoms with Gasteiger partial charge in [-0.2, -0.15) is 0 Å². The lowest BCUT2D eigenvalue weighted by Crippen LogP contribution is -2.43. The lowest BCUT2D eigenvalue weighted by atomic mass is 9.94. The minimum absolute atomic E-state index is 0.0233. The van der Waals surface area contributed by atoms with Crippen LogP contribution in [0.1, 0.15) is 38.8 Å². The Morgan fingerprint density at radius 2 is 1.69 bits per heavy atom. The molecule has 0 saturated heterocycles. The number of carbonyl (C=O) groups is 1. The molecule has 0 aliphatic rings. The van der Waals surface area contributed by atoms with E-state index in [1.807, 2.05) is 13.8 Å². The second kappa shape index (κ2) is 5.15. The van der Waals surface area contributed by atoms with Gasteiger partial charge in [0.15, 0.2) is 0 Å². The number of rotatable bonds is 4. The summed E-state index contributed by atoms with van der Waals surface area (Å²) in [6.07, 6.45) is 1.92. The van der Waals surface area contributed by atoms with Gasteiger partial charge in [0.05, 0.1) is 0 Å². The number of amides is 1. The van der Waals surface area contributed by atoms with Crippen LogP contribution in [0.5, 0.6) is 0 Å². The summed E-state index contributed by atoms with van der Waals surface area (Å²) in [5, 5.41) is 2.96. The second-order valence-corrected chi connectivity index (χ2v) is 4.91. The molecule has 2 heteroatoms. The highest BCUT2D eigenvalue weighted by molar-refractivity contribution is 5.73. The fourth-order valence-electron chi connectivity index (χ4n) is 1.92. The molecule has 88 valence electrons. The summed E-state index contributed by atoms with van der Waals surface area (Å²) >= 11 is 0. The predicted molar refractivity (Wildman–Crippen MR) is 67.4 cm³/mol. The largest absolute Gasteiger partial charge is 0.351 e. The molecule has 0 radical (unpaired) electrons. The third-order valence-electron chi connectivity index (χ3n) is 2.59. The Morgan fingerprint density at radius 1 is 1.19 bits per heavy atom. The van der Waals surface area contributed by atoms with Crippen LogP contribution in [0.25, 0.3) is 0 Å². The Morgan fingerprint density at radius 3 is 2.12 bits per heavy atom. The lowest BCUT2D eigenvalue weighted by molar-refractivity contribution is -0.120. The summed E-state index contributed by atoms with van der Waals surface area (Å²) in [5.41, 5.74) is 2.43. The number of aryl methyl sites for hydroxylation is 1. The zero-order chi connectivity index (χ0) is 12.2. The van der Waals surface area contributed by atoms with Crippen molar-refractivity contribution in [1.82, 2.24) is 5.32 Å². The topological polar surface area (TPSA) is 29.1 Å². The van der Waals surface area contributed by atoms with Crippen molar-refractivity contribution in [2.75, 3.05) is 0 Å². The highest BCUT2D eigenvalue weighted by Gasteiger charge is 2.18. The average Bonchev–Trinajstić information content (AvgIpc) is 2.16. The summed E-state index contributed by atoms with van der Waals surface area (Å²) in [4.78, 5) is 11.0. The van der Waals surface area contributed by atoms with E-state index in [-0.39, 0.29) is 11.4 Å². The number of carbonyl (C=O) groups excluding carboxylic acids is 1. The molecule has 0 bridgehead atoms. The third-order valence-corrected chi connectivity index (χ3v) is 2.59. The van der Waals surface area contributed by atoms with Crippen LogP contribution < -0.4 is 5.32 Å². The summed E-state index contributed by atoms with van der Waals surface area (Å²) in [6, 6.07) is 8.59. The molecule has 1 rings (SSSR count). The van der Waals surface area contributed by atoms with Gasteiger partial charge in [0.25, 0.3) is 0 Å². The summed E-state index contributed by atoms with van der Waals surface area (Å²) in [6.45, 7) is 7.79. The maximum absolute atomic E-state index is 11.0. The van der Waals surface area contributed by atoms with Gasteiger partial charge >= 0.3 is 0 Å². The summed E-state index contributed by atoms with van der Waals surface area (Å²) in [5.74, 6) is 0.0233. The van der Waals surface area contributed by atoms with Crippen LogP contribution in [0.2, 0.25) is 0 Å². The van der Waals surface area contributed by atoms with Crippen LogP contribution in [0.4, 0.5) is 0 Å². The Labute approximate surface area is 98.1 Å². The molecule has 0 heterocycles. The van der Waals surface area contributed by atoms with Gasteiger partial charge in [-0.3, -0.25) is 4.79 Å². The van der Waals surface area contributed by atoms with E-state index < -0.39 is 0 Å². The molecule has 0 unspecified atom stereocenters. The molecule has 0 atom stereocenters. The maximum atomic E-state index is 11.0. The zero-order valence-corrected chi connectivity index (χ0v) is 10.6. The normalized spacial score (nSPS) is 11.2. The van der Waals surface area contributed by atoms with E-state index in [4.69, 9.17) is 0 Å². The van der Waals surface area contributed by atoms with Gasteiger partial charge < -0.3 is 5.32 Å². The fraction of sp³-hybridized carbons (Fsp3) is 0.500. The molecule has 0 aromatic heterocycles. The minimum Gasteiger partial charge on any atom is -0.351 e. The number of benzene rings is 1. The van der Waals surface area contributed by atoms with Gasteiger partial charge in [0.2, 0.25) is 5.91 Å². The quantitative estimate of drug-likeness (QED) is 0.829. The van der Waals surface area contributed by atoms with Crippen LogP contribution >= 0.6 is 0 Å². The minimum atomic E-state index is -0.181. The smallest absolute Gasteiger partial charge is 0.217 e. The van der Waals surface area contributed by atoms with Gasteiger partial charge in [-0.05, 0) is 37.8 Å². The van der Waals surface area contributed by atoms with Gasteiger partial charge in [-0.25, -0.2) is 0 Å². The highest BCUT2D eigenvalue weighted by atomic mass is 16.1. The fourth-order valence-corrected chi connectivity index (χ4v) is 1.92. The SMILES string of the molecule is CCc1ccc(CC(C)(C)NC(C)=O)cc1. The highest BCUT2D eigenvalue weighted by Crippen LogP contribution is 2.13. The van der Waals surface area contributed by atoms with Crippen molar-refractivity contribution in [3.8, 4) is 0 Å². The predicted octanol–water partition coefficient (Wildman–Crippen LogP) is 2.71. The van der Waals surface area contributed by atoms with E-state index in [9.17, 15) is 4.79 Å². The Kier molecular flexibility index (Phi) is 4.11. The van der Waals surface area contributed by atoms with Gasteiger partial charge in [-0.1, -0.05) is 31.2 Å². The molecule has 1 amide bonds. The molecular formula is C14H21NO. The van der Waals surface area contributed by atoms with E-state index >= 15 is 0 Å². The van der Waals surface area contributed by atoms with Gasteiger partial charge in [0, 0.05) is 12.5 Å². The standard InChI is InChI=1S/C14H21NO/c1-5-12-6-8-13(9-7-12)10-14(3,4)15-11(2)16/h6-9H,5,10H2,1-4H3,(H,15,16). The zero-order valence-electron chi connectivity index (χ0n) is 10.6. The molecule has 16 heavy (non-hydrogen) atoms. The van der Waals surface area contributed by atoms with Crippen LogP contribution in [-0.2, 0) is 17.6 Å². The van der Waals surface area contributed by atoms with E-state index in [0.29, 0.717) is 0 Å². The number of hydrogen-bond donors (Lipinski definition) is 1. The Bertz CT molecular complexity index is 352. The first-order valence-electron chi connectivity index (χ1n) is 5.79. The van der Waals surface area contributed by atoms with Gasteiger partial charge in [-0.15, -0.1) is 0 Å². The molecular weight excluding hydrogens is 198 g/mol. The average molecular weight is 219 g/mol. The second-order valence-electron chi connectivity index (χ2n) is 4.91. The van der Waals surface area contributed by atoms with Gasteiger partial charge in [0.1, 0.15) is 0 Å². The van der Waals surface area contributed by atoms with Crippen LogP contribution in [0.15, 0.2) is 24.3 Å². The van der Waals surface area contributed by atoms with E-state index in [1.165, 1.54) is 11.1 Å². The monoisotopic (exact) mass is 219 g/mol. The van der Waals surface area contributed by atoms with Crippen molar-refractivity contribution < 1.29 is 4.79 Å². The van der Waals surface area contributed by atoms with E-state index in [1.54, 1.807) is 6.92 Å². The number of nitrogens with one attached hydrogen (secondary N) is 1. The molecule has 0 saturated carbocycles.